The van der Waals surface area contributed by atoms with Gasteiger partial charge in [-0.1, -0.05) is 0 Å². The second kappa shape index (κ2) is 4.61. The van der Waals surface area contributed by atoms with Crippen molar-refractivity contribution < 1.29 is 31.1 Å². The lowest BCUT2D eigenvalue weighted by atomic mass is 10.3. The molecule has 0 aliphatic rings. The fourth-order valence-electron chi connectivity index (χ4n) is 1.15. The number of nitrogens with two attached hydrogens (primary N) is 1. The summed E-state index contributed by atoms with van der Waals surface area (Å²) in [5.74, 6) is -1.37. The van der Waals surface area contributed by atoms with Crippen LogP contribution >= 0.6 is 0 Å². The van der Waals surface area contributed by atoms with E-state index in [4.69, 9.17) is 5.14 Å². The van der Waals surface area contributed by atoms with Gasteiger partial charge in [-0.2, -0.15) is 4.98 Å². The first-order valence-corrected chi connectivity index (χ1v) is 5.93. The number of ether oxygens (including phenoxy) is 2. The molecule has 0 aliphatic carbocycles. The first-order chi connectivity index (χ1) is 8.04. The van der Waals surface area contributed by atoms with Crippen LogP contribution in [0.2, 0.25) is 0 Å². The van der Waals surface area contributed by atoms with Crippen molar-refractivity contribution in [2.24, 2.45) is 5.14 Å². The number of aromatic nitrogens is 1. The summed E-state index contributed by atoms with van der Waals surface area (Å²) in [6.45, 7) is 1.40. The van der Waals surface area contributed by atoms with E-state index in [1.807, 2.05) is 0 Å². The summed E-state index contributed by atoms with van der Waals surface area (Å²) in [7, 11) is -3.23. The molecule has 0 unspecified atom stereocenters. The molecular weight excluding hydrogens is 277 g/mol. The summed E-state index contributed by atoms with van der Waals surface area (Å²) >= 11 is 0. The average molecular weight is 286 g/mol. The Morgan fingerprint density at radius 2 is 1.89 bits per heavy atom. The largest absolute Gasteiger partial charge is 0.574 e. The van der Waals surface area contributed by atoms with Gasteiger partial charge in [-0.25, -0.2) is 13.6 Å². The maximum absolute atomic E-state index is 12.1. The van der Waals surface area contributed by atoms with Crippen molar-refractivity contribution in [1.29, 1.82) is 0 Å². The van der Waals surface area contributed by atoms with Crippen LogP contribution in [0.25, 0.3) is 0 Å². The third-order valence-electron chi connectivity index (χ3n) is 1.81. The second-order valence-electron chi connectivity index (χ2n) is 3.21. The quantitative estimate of drug-likeness (QED) is 0.893. The van der Waals surface area contributed by atoms with Crippen LogP contribution in [0.3, 0.4) is 0 Å². The van der Waals surface area contributed by atoms with E-state index in [-0.39, 0.29) is 11.4 Å². The highest BCUT2D eigenvalue weighted by Crippen LogP contribution is 2.31. The smallest absolute Gasteiger partial charge is 0.481 e. The van der Waals surface area contributed by atoms with E-state index >= 15 is 0 Å². The molecule has 102 valence electrons. The van der Waals surface area contributed by atoms with Gasteiger partial charge in [0, 0.05) is 5.56 Å². The zero-order valence-electron chi connectivity index (χ0n) is 9.28. The first kappa shape index (κ1) is 14.5. The van der Waals surface area contributed by atoms with Crippen molar-refractivity contribution in [3.8, 4) is 11.8 Å². The normalized spacial score (nSPS) is 12.3. The van der Waals surface area contributed by atoms with Gasteiger partial charge in [-0.3, -0.25) is 0 Å². The van der Waals surface area contributed by atoms with Crippen molar-refractivity contribution in [3.05, 3.63) is 11.6 Å². The molecule has 18 heavy (non-hydrogen) atoms. The molecule has 1 heterocycles. The number of halogens is 3. The van der Waals surface area contributed by atoms with Gasteiger partial charge in [-0.05, 0) is 13.0 Å². The number of hydrogen-bond acceptors (Lipinski definition) is 5. The van der Waals surface area contributed by atoms with Crippen molar-refractivity contribution in [2.45, 2.75) is 18.2 Å². The molecule has 0 aromatic carbocycles. The lowest BCUT2D eigenvalue weighted by molar-refractivity contribution is -0.277. The Balaban J connectivity index is 3.45. The van der Waals surface area contributed by atoms with Gasteiger partial charge in [0.2, 0.25) is 21.8 Å². The van der Waals surface area contributed by atoms with Gasteiger partial charge in [0.15, 0.2) is 0 Å². The van der Waals surface area contributed by atoms with Gasteiger partial charge >= 0.3 is 6.36 Å². The lowest BCUT2D eigenvalue weighted by Crippen LogP contribution is -2.22. The predicted molar refractivity (Wildman–Crippen MR) is 53.6 cm³/mol. The maximum atomic E-state index is 12.1. The molecule has 1 rings (SSSR count). The molecule has 0 bridgehead atoms. The van der Waals surface area contributed by atoms with Gasteiger partial charge in [0.25, 0.3) is 0 Å². The molecule has 0 aliphatic heterocycles. The molecule has 2 N–H and O–H groups in total. The Bertz CT molecular complexity index is 556. The van der Waals surface area contributed by atoms with Crippen molar-refractivity contribution in [1.82, 2.24) is 4.98 Å². The van der Waals surface area contributed by atoms with Crippen molar-refractivity contribution in [2.75, 3.05) is 7.11 Å². The number of methoxy groups -OCH3 is 1. The molecule has 1 aromatic rings. The number of aryl methyl sites for hydroxylation is 1. The van der Waals surface area contributed by atoms with E-state index in [1.54, 1.807) is 0 Å². The second-order valence-corrected chi connectivity index (χ2v) is 4.74. The Morgan fingerprint density at radius 3 is 2.28 bits per heavy atom. The third-order valence-corrected chi connectivity index (χ3v) is 2.72. The maximum Gasteiger partial charge on any atom is 0.574 e. The molecule has 6 nitrogen and oxygen atoms in total. The highest BCUT2D eigenvalue weighted by molar-refractivity contribution is 7.89. The predicted octanol–water partition coefficient (Wildman–Crippen LogP) is 0.945. The molecule has 0 amide bonds. The number of rotatable bonds is 3. The standard InChI is InChI=1S/C8H9F3N2O4S/c1-4-3-5(18(12,14)15)7(13-6(4)16-2)17-8(9,10)11/h3H,1-2H3,(H2,12,14,15). The Kier molecular flexibility index (Phi) is 3.72. The van der Waals surface area contributed by atoms with Crippen LogP contribution in [-0.2, 0) is 10.0 Å². The first-order valence-electron chi connectivity index (χ1n) is 4.39. The van der Waals surface area contributed by atoms with Crippen molar-refractivity contribution in [3.63, 3.8) is 0 Å². The van der Waals surface area contributed by atoms with Gasteiger partial charge in [-0.15, -0.1) is 13.2 Å². The fourth-order valence-corrected chi connectivity index (χ4v) is 1.82. The highest BCUT2D eigenvalue weighted by Gasteiger charge is 2.35. The minimum absolute atomic E-state index is 0.193. The molecule has 0 saturated heterocycles. The summed E-state index contributed by atoms with van der Waals surface area (Å²) in [6, 6.07) is 0.891. The van der Waals surface area contributed by atoms with Gasteiger partial charge < -0.3 is 9.47 Å². The Morgan fingerprint density at radius 1 is 1.33 bits per heavy atom. The monoisotopic (exact) mass is 286 g/mol. The summed E-state index contributed by atoms with van der Waals surface area (Å²) in [6.07, 6.45) is -5.09. The molecule has 10 heteroatoms. The molecule has 0 spiro atoms. The lowest BCUT2D eigenvalue weighted by Gasteiger charge is -2.13. The number of alkyl halides is 3. The summed E-state index contributed by atoms with van der Waals surface area (Å²) < 4.78 is 66.8. The fraction of sp³-hybridized carbons (Fsp3) is 0.375. The van der Waals surface area contributed by atoms with Crippen LogP contribution in [0, 0.1) is 6.92 Å². The summed E-state index contributed by atoms with van der Waals surface area (Å²) in [4.78, 5) is 2.46. The average Bonchev–Trinajstić information content (AvgIpc) is 2.16. The zero-order valence-corrected chi connectivity index (χ0v) is 10.1. The number of sulfonamides is 1. The van der Waals surface area contributed by atoms with Crippen LogP contribution in [-0.4, -0.2) is 26.9 Å². The molecule has 0 saturated carbocycles. The molecule has 0 radical (unpaired) electrons. The SMILES string of the molecule is COc1nc(OC(F)(F)F)c(S(N)(=O)=O)cc1C. The summed E-state index contributed by atoms with van der Waals surface area (Å²) in [5.41, 5.74) is 0.205. The van der Waals surface area contributed by atoms with E-state index in [0.717, 1.165) is 6.07 Å². The molecule has 1 aromatic heterocycles. The molecular formula is C8H9F3N2O4S. The van der Waals surface area contributed by atoms with Crippen LogP contribution in [0.1, 0.15) is 5.56 Å². The number of primary sulfonamides is 1. The summed E-state index contributed by atoms with van der Waals surface area (Å²) in [5, 5.41) is 4.78. The third kappa shape index (κ3) is 3.47. The minimum Gasteiger partial charge on any atom is -0.481 e. The van der Waals surface area contributed by atoms with E-state index < -0.39 is 27.2 Å². The van der Waals surface area contributed by atoms with E-state index in [2.05, 4.69) is 14.5 Å². The van der Waals surface area contributed by atoms with E-state index in [1.165, 1.54) is 14.0 Å². The molecule has 0 fully saturated rings. The van der Waals surface area contributed by atoms with Crippen LogP contribution < -0.4 is 14.6 Å². The van der Waals surface area contributed by atoms with E-state index in [9.17, 15) is 21.6 Å². The minimum atomic E-state index is -5.09. The zero-order chi connectivity index (χ0) is 14.1. The topological polar surface area (TPSA) is 91.5 Å². The van der Waals surface area contributed by atoms with Gasteiger partial charge in [0.1, 0.15) is 4.90 Å². The molecule has 0 atom stereocenters. The Hall–Kier alpha value is -1.55. The number of hydrogen-bond donors (Lipinski definition) is 1. The Labute approximate surface area is 101 Å². The van der Waals surface area contributed by atoms with Crippen LogP contribution in [0.4, 0.5) is 13.2 Å². The van der Waals surface area contributed by atoms with Crippen molar-refractivity contribution >= 4 is 10.0 Å². The van der Waals surface area contributed by atoms with E-state index in [0.29, 0.717) is 0 Å². The van der Waals surface area contributed by atoms with Crippen LogP contribution in [0.15, 0.2) is 11.0 Å². The highest BCUT2D eigenvalue weighted by atomic mass is 32.2. The van der Waals surface area contributed by atoms with Crippen LogP contribution in [0.5, 0.6) is 11.8 Å². The van der Waals surface area contributed by atoms with Gasteiger partial charge in [0.05, 0.1) is 7.11 Å². The number of nitrogens with zero attached hydrogens (tertiary/aromatic N) is 1. The number of pyridine rings is 1.